The van der Waals surface area contributed by atoms with Crippen LogP contribution in [0.25, 0.3) is 6.08 Å². The van der Waals surface area contributed by atoms with Crippen molar-refractivity contribution in [1.29, 1.82) is 5.26 Å². The predicted octanol–water partition coefficient (Wildman–Crippen LogP) is 3.56. The Balaban J connectivity index is 1.51. The zero-order valence-electron chi connectivity index (χ0n) is 16.8. The number of ether oxygens (including phenoxy) is 2. The molecule has 0 saturated carbocycles. The van der Waals surface area contributed by atoms with E-state index in [1.807, 2.05) is 6.07 Å². The molecule has 3 rings (SSSR count). The number of nitrogens with one attached hydrogen (secondary N) is 2. The molecule has 160 valence electrons. The first-order valence-electron chi connectivity index (χ1n) is 9.83. The van der Waals surface area contributed by atoms with Gasteiger partial charge >= 0.3 is 0 Å². The van der Waals surface area contributed by atoms with Crippen LogP contribution in [-0.4, -0.2) is 37.7 Å². The van der Waals surface area contributed by atoms with E-state index in [0.717, 1.165) is 19.4 Å². The average molecular weight is 440 g/mol. The molecule has 1 saturated heterocycles. The smallest absolute Gasteiger partial charge is 0.266 e. The predicted molar refractivity (Wildman–Crippen MR) is 118 cm³/mol. The monoisotopic (exact) mass is 439 g/mol. The van der Waals surface area contributed by atoms with E-state index in [2.05, 4.69) is 10.6 Å². The molecule has 0 unspecified atom stereocenters. The SMILES string of the molecule is N#C/C(=C\c1ccc(OCC(=O)NC[C@H]2CCCO2)cc1)C(=O)Nc1ccc(Cl)cc1. The van der Waals surface area contributed by atoms with Gasteiger partial charge in [0.25, 0.3) is 11.8 Å². The molecule has 1 heterocycles. The lowest BCUT2D eigenvalue weighted by Crippen LogP contribution is -2.35. The van der Waals surface area contributed by atoms with Crippen molar-refractivity contribution in [1.82, 2.24) is 5.32 Å². The van der Waals surface area contributed by atoms with Crippen LogP contribution in [0.1, 0.15) is 18.4 Å². The van der Waals surface area contributed by atoms with Gasteiger partial charge in [-0.3, -0.25) is 9.59 Å². The molecule has 7 nitrogen and oxygen atoms in total. The lowest BCUT2D eigenvalue weighted by atomic mass is 10.1. The summed E-state index contributed by atoms with van der Waals surface area (Å²) in [5, 5.41) is 15.3. The molecule has 0 aromatic heterocycles. The Morgan fingerprint density at radius 1 is 1.19 bits per heavy atom. The van der Waals surface area contributed by atoms with Crippen molar-refractivity contribution < 1.29 is 19.1 Å². The third-order valence-electron chi connectivity index (χ3n) is 4.58. The minimum Gasteiger partial charge on any atom is -0.484 e. The number of carbonyl (C=O) groups excluding carboxylic acids is 2. The number of nitrogens with zero attached hydrogens (tertiary/aromatic N) is 1. The van der Waals surface area contributed by atoms with Gasteiger partial charge in [-0.15, -0.1) is 0 Å². The lowest BCUT2D eigenvalue weighted by Gasteiger charge is -2.11. The number of halogens is 1. The molecular formula is C23H22ClN3O4. The van der Waals surface area contributed by atoms with Crippen molar-refractivity contribution >= 4 is 35.2 Å². The molecule has 0 spiro atoms. The number of carbonyl (C=O) groups is 2. The fourth-order valence-electron chi connectivity index (χ4n) is 2.94. The van der Waals surface area contributed by atoms with E-state index >= 15 is 0 Å². The number of rotatable bonds is 8. The van der Waals surface area contributed by atoms with Crippen molar-refractivity contribution in [3.63, 3.8) is 0 Å². The van der Waals surface area contributed by atoms with Crippen LogP contribution in [0, 0.1) is 11.3 Å². The summed E-state index contributed by atoms with van der Waals surface area (Å²) in [6.45, 7) is 1.13. The van der Waals surface area contributed by atoms with Gasteiger partial charge in [0, 0.05) is 23.9 Å². The van der Waals surface area contributed by atoms with Gasteiger partial charge in [-0.1, -0.05) is 23.7 Å². The van der Waals surface area contributed by atoms with Crippen LogP contribution in [0.15, 0.2) is 54.1 Å². The topological polar surface area (TPSA) is 100 Å². The zero-order valence-corrected chi connectivity index (χ0v) is 17.5. The van der Waals surface area contributed by atoms with Gasteiger partial charge in [-0.05, 0) is 60.9 Å². The van der Waals surface area contributed by atoms with Crippen molar-refractivity contribution in [3.05, 3.63) is 64.7 Å². The molecule has 2 aromatic rings. The Morgan fingerprint density at radius 3 is 2.58 bits per heavy atom. The summed E-state index contributed by atoms with van der Waals surface area (Å²) in [6.07, 6.45) is 3.54. The Kier molecular flexibility index (Phi) is 8.05. The molecule has 1 aliphatic heterocycles. The molecule has 2 amide bonds. The van der Waals surface area contributed by atoms with E-state index in [1.165, 1.54) is 6.08 Å². The number of anilines is 1. The highest BCUT2D eigenvalue weighted by Crippen LogP contribution is 2.17. The van der Waals surface area contributed by atoms with Crippen LogP contribution in [0.5, 0.6) is 5.75 Å². The van der Waals surface area contributed by atoms with Crippen LogP contribution >= 0.6 is 11.6 Å². The molecule has 2 N–H and O–H groups in total. The number of benzene rings is 2. The molecule has 0 bridgehead atoms. The van der Waals surface area contributed by atoms with E-state index < -0.39 is 5.91 Å². The van der Waals surface area contributed by atoms with Crippen molar-refractivity contribution in [2.45, 2.75) is 18.9 Å². The van der Waals surface area contributed by atoms with Crippen LogP contribution in [0.3, 0.4) is 0 Å². The third kappa shape index (κ3) is 7.14. The molecule has 0 aliphatic carbocycles. The zero-order chi connectivity index (χ0) is 22.1. The summed E-state index contributed by atoms with van der Waals surface area (Å²) in [5.74, 6) is -0.230. The number of amides is 2. The van der Waals surface area contributed by atoms with Gasteiger partial charge in [-0.2, -0.15) is 5.26 Å². The maximum Gasteiger partial charge on any atom is 0.266 e. The highest BCUT2D eigenvalue weighted by Gasteiger charge is 2.16. The molecular weight excluding hydrogens is 418 g/mol. The minimum absolute atomic E-state index is 0.0443. The normalized spacial score (nSPS) is 15.7. The Hall–Kier alpha value is -3.34. The van der Waals surface area contributed by atoms with E-state index in [1.54, 1.807) is 48.5 Å². The standard InChI is InChI=1S/C23H22ClN3O4/c24-18-5-7-19(8-6-18)27-23(29)17(13-25)12-16-3-9-20(10-4-16)31-15-22(28)26-14-21-2-1-11-30-21/h3-10,12,21H,1-2,11,14-15H2,(H,26,28)(H,27,29)/b17-12+/t21-/m1/s1. The fraction of sp³-hybridized carbons (Fsp3) is 0.261. The van der Waals surface area contributed by atoms with Crippen molar-refractivity contribution in [2.75, 3.05) is 25.1 Å². The number of hydrogen-bond acceptors (Lipinski definition) is 5. The number of nitriles is 1. The average Bonchev–Trinajstić information content (AvgIpc) is 3.30. The Labute approximate surface area is 185 Å². The van der Waals surface area contributed by atoms with E-state index in [9.17, 15) is 14.9 Å². The summed E-state index contributed by atoms with van der Waals surface area (Å²) >= 11 is 5.83. The van der Waals surface area contributed by atoms with Gasteiger partial charge in [0.15, 0.2) is 6.61 Å². The molecule has 2 aromatic carbocycles. The summed E-state index contributed by atoms with van der Waals surface area (Å²) in [5.41, 5.74) is 1.15. The summed E-state index contributed by atoms with van der Waals surface area (Å²) in [6, 6.07) is 15.2. The van der Waals surface area contributed by atoms with E-state index in [-0.39, 0.29) is 24.2 Å². The second-order valence-electron chi connectivity index (χ2n) is 6.93. The van der Waals surface area contributed by atoms with Crippen LogP contribution in [-0.2, 0) is 14.3 Å². The van der Waals surface area contributed by atoms with Gasteiger partial charge in [-0.25, -0.2) is 0 Å². The summed E-state index contributed by atoms with van der Waals surface area (Å²) in [7, 11) is 0. The van der Waals surface area contributed by atoms with Gasteiger partial charge in [0.05, 0.1) is 6.10 Å². The van der Waals surface area contributed by atoms with Gasteiger partial charge in [0.1, 0.15) is 17.4 Å². The summed E-state index contributed by atoms with van der Waals surface area (Å²) in [4.78, 5) is 24.2. The Bertz CT molecular complexity index is 975. The maximum atomic E-state index is 12.3. The van der Waals surface area contributed by atoms with Crippen LogP contribution in [0.2, 0.25) is 5.02 Å². The highest BCUT2D eigenvalue weighted by molar-refractivity contribution is 6.30. The molecule has 0 radical (unpaired) electrons. The maximum absolute atomic E-state index is 12.3. The number of hydrogen-bond donors (Lipinski definition) is 2. The third-order valence-corrected chi connectivity index (χ3v) is 4.83. The van der Waals surface area contributed by atoms with Gasteiger partial charge < -0.3 is 20.1 Å². The summed E-state index contributed by atoms with van der Waals surface area (Å²) < 4.78 is 10.9. The van der Waals surface area contributed by atoms with Crippen LogP contribution < -0.4 is 15.4 Å². The fourth-order valence-corrected chi connectivity index (χ4v) is 3.07. The largest absolute Gasteiger partial charge is 0.484 e. The second kappa shape index (κ2) is 11.2. The van der Waals surface area contributed by atoms with Crippen molar-refractivity contribution in [3.8, 4) is 11.8 Å². The lowest BCUT2D eigenvalue weighted by molar-refractivity contribution is -0.123. The first-order chi connectivity index (χ1) is 15.0. The first-order valence-corrected chi connectivity index (χ1v) is 10.2. The van der Waals surface area contributed by atoms with E-state index in [0.29, 0.717) is 28.6 Å². The van der Waals surface area contributed by atoms with E-state index in [4.69, 9.17) is 21.1 Å². The molecule has 1 atom stereocenters. The Morgan fingerprint density at radius 2 is 1.94 bits per heavy atom. The molecule has 31 heavy (non-hydrogen) atoms. The van der Waals surface area contributed by atoms with Crippen molar-refractivity contribution in [2.24, 2.45) is 0 Å². The second-order valence-corrected chi connectivity index (χ2v) is 7.36. The molecule has 8 heteroatoms. The van der Waals surface area contributed by atoms with Crippen LogP contribution in [0.4, 0.5) is 5.69 Å². The molecule has 1 fully saturated rings. The first kappa shape index (κ1) is 22.3. The highest BCUT2D eigenvalue weighted by atomic mass is 35.5. The quantitative estimate of drug-likeness (QED) is 0.484. The minimum atomic E-state index is -0.520. The van der Waals surface area contributed by atoms with Gasteiger partial charge in [0.2, 0.25) is 0 Å². The molecule has 1 aliphatic rings.